The number of amides is 1. The number of fused-ring (bicyclic) bond motifs is 1. The number of hydrogen-bond acceptors (Lipinski definition) is 6. The van der Waals surface area contributed by atoms with E-state index in [-0.39, 0.29) is 5.91 Å². The van der Waals surface area contributed by atoms with E-state index >= 15 is 0 Å². The Balaban J connectivity index is 1.53. The summed E-state index contributed by atoms with van der Waals surface area (Å²) in [7, 11) is 0. The third-order valence-corrected chi connectivity index (χ3v) is 4.51. The van der Waals surface area contributed by atoms with Crippen molar-refractivity contribution >= 4 is 44.8 Å². The van der Waals surface area contributed by atoms with Gasteiger partial charge in [-0.3, -0.25) is 9.78 Å². The Hall–Kier alpha value is -3.32. The number of hydrogen-bond donors (Lipinski definition) is 2. The Bertz CT molecular complexity index is 1090. The highest BCUT2D eigenvalue weighted by Crippen LogP contribution is 2.24. The molecule has 2 N–H and O–H groups in total. The zero-order valence-corrected chi connectivity index (χ0v) is 14.7. The highest BCUT2D eigenvalue weighted by atomic mass is 32.1. The first kappa shape index (κ1) is 16.2. The quantitative estimate of drug-likeness (QED) is 0.563. The van der Waals surface area contributed by atoms with E-state index in [4.69, 9.17) is 0 Å². The van der Waals surface area contributed by atoms with Gasteiger partial charge in [0.25, 0.3) is 5.91 Å². The molecular formula is C19H15N5OS. The predicted molar refractivity (Wildman–Crippen MR) is 104 cm³/mol. The number of aromatic nitrogens is 3. The zero-order valence-electron chi connectivity index (χ0n) is 13.9. The molecule has 0 aliphatic heterocycles. The summed E-state index contributed by atoms with van der Waals surface area (Å²) in [6.45, 7) is 1.92. The first-order valence-corrected chi connectivity index (χ1v) is 8.88. The number of pyridine rings is 2. The van der Waals surface area contributed by atoms with E-state index in [1.54, 1.807) is 11.6 Å². The van der Waals surface area contributed by atoms with Crippen molar-refractivity contribution in [2.45, 2.75) is 6.92 Å². The van der Waals surface area contributed by atoms with Crippen LogP contribution in [-0.2, 0) is 0 Å². The van der Waals surface area contributed by atoms with Crippen LogP contribution in [0.3, 0.4) is 0 Å². The molecule has 4 aromatic rings. The first-order valence-electron chi connectivity index (χ1n) is 8.00. The second-order valence-corrected chi connectivity index (χ2v) is 6.51. The number of rotatable bonds is 4. The summed E-state index contributed by atoms with van der Waals surface area (Å²) in [5.41, 5.74) is 2.81. The van der Waals surface area contributed by atoms with Crippen LogP contribution >= 0.6 is 11.3 Å². The van der Waals surface area contributed by atoms with Crippen LogP contribution in [0.2, 0.25) is 0 Å². The fraction of sp³-hybridized carbons (Fsp3) is 0.0526. The average molecular weight is 361 g/mol. The molecule has 6 nitrogen and oxygen atoms in total. The topological polar surface area (TPSA) is 79.8 Å². The number of carbonyl (C=O) groups excluding carboxylic acids is 1. The molecule has 1 amide bonds. The lowest BCUT2D eigenvalue weighted by Gasteiger charge is -2.06. The van der Waals surface area contributed by atoms with E-state index in [0.29, 0.717) is 22.3 Å². The van der Waals surface area contributed by atoms with Crippen molar-refractivity contribution in [2.75, 3.05) is 10.6 Å². The minimum absolute atomic E-state index is 0.261. The molecule has 128 valence electrons. The highest BCUT2D eigenvalue weighted by Gasteiger charge is 2.13. The van der Waals surface area contributed by atoms with Crippen molar-refractivity contribution in [2.24, 2.45) is 0 Å². The summed E-state index contributed by atoms with van der Waals surface area (Å²) in [5, 5.41) is 9.26. The maximum atomic E-state index is 12.5. The molecule has 0 saturated carbocycles. The van der Waals surface area contributed by atoms with E-state index in [1.807, 2.05) is 55.5 Å². The number of benzene rings is 1. The SMILES string of the molecule is Cc1cccc(Nc2nc(C(=O)Nc3cccc4ncccc34)cs2)n1. The minimum atomic E-state index is -0.261. The summed E-state index contributed by atoms with van der Waals surface area (Å²) >= 11 is 1.36. The molecule has 0 fully saturated rings. The Morgan fingerprint density at radius 3 is 2.81 bits per heavy atom. The normalized spacial score (nSPS) is 10.7. The first-order chi connectivity index (χ1) is 12.7. The molecule has 0 bridgehead atoms. The Labute approximate surface area is 154 Å². The highest BCUT2D eigenvalue weighted by molar-refractivity contribution is 7.14. The Morgan fingerprint density at radius 1 is 1.04 bits per heavy atom. The van der Waals surface area contributed by atoms with Gasteiger partial charge in [0.05, 0.1) is 11.2 Å². The van der Waals surface area contributed by atoms with Gasteiger partial charge in [0.2, 0.25) is 0 Å². The van der Waals surface area contributed by atoms with Crippen LogP contribution < -0.4 is 10.6 Å². The van der Waals surface area contributed by atoms with Crippen LogP contribution in [0.4, 0.5) is 16.6 Å². The van der Waals surface area contributed by atoms with Crippen molar-refractivity contribution in [1.82, 2.24) is 15.0 Å². The third-order valence-electron chi connectivity index (χ3n) is 3.75. The lowest BCUT2D eigenvalue weighted by molar-refractivity contribution is 0.102. The Morgan fingerprint density at radius 2 is 1.92 bits per heavy atom. The molecule has 0 aliphatic carbocycles. The van der Waals surface area contributed by atoms with E-state index in [9.17, 15) is 4.79 Å². The van der Waals surface area contributed by atoms with Gasteiger partial charge >= 0.3 is 0 Å². The van der Waals surface area contributed by atoms with Gasteiger partial charge in [-0.25, -0.2) is 9.97 Å². The van der Waals surface area contributed by atoms with Crippen LogP contribution in [0.1, 0.15) is 16.2 Å². The number of nitrogens with zero attached hydrogens (tertiary/aromatic N) is 3. The molecule has 0 aliphatic rings. The number of thiazole rings is 1. The number of anilines is 3. The summed E-state index contributed by atoms with van der Waals surface area (Å²) in [5.74, 6) is 0.439. The zero-order chi connectivity index (χ0) is 17.9. The van der Waals surface area contributed by atoms with Crippen molar-refractivity contribution in [3.05, 3.63) is 71.5 Å². The maximum Gasteiger partial charge on any atom is 0.275 e. The third kappa shape index (κ3) is 3.38. The number of aryl methyl sites for hydroxylation is 1. The van der Waals surface area contributed by atoms with Crippen LogP contribution in [0.25, 0.3) is 10.9 Å². The molecule has 0 spiro atoms. The van der Waals surface area contributed by atoms with Gasteiger partial charge in [-0.05, 0) is 43.3 Å². The number of nitrogens with one attached hydrogen (secondary N) is 2. The van der Waals surface area contributed by atoms with Crippen LogP contribution in [0.15, 0.2) is 60.1 Å². The van der Waals surface area contributed by atoms with Gasteiger partial charge < -0.3 is 10.6 Å². The molecule has 0 atom stereocenters. The summed E-state index contributed by atoms with van der Waals surface area (Å²) in [4.78, 5) is 25.6. The van der Waals surface area contributed by atoms with E-state index in [1.165, 1.54) is 11.3 Å². The van der Waals surface area contributed by atoms with Gasteiger partial charge in [-0.15, -0.1) is 11.3 Å². The molecular weight excluding hydrogens is 346 g/mol. The number of carbonyl (C=O) groups is 1. The summed E-state index contributed by atoms with van der Waals surface area (Å²) in [6, 6.07) is 15.1. The maximum absolute atomic E-state index is 12.5. The van der Waals surface area contributed by atoms with Gasteiger partial charge in [0, 0.05) is 22.7 Å². The lowest BCUT2D eigenvalue weighted by Crippen LogP contribution is -2.12. The lowest BCUT2D eigenvalue weighted by atomic mass is 10.2. The molecule has 7 heteroatoms. The van der Waals surface area contributed by atoms with Crippen LogP contribution in [0.5, 0.6) is 0 Å². The fourth-order valence-electron chi connectivity index (χ4n) is 2.56. The van der Waals surface area contributed by atoms with E-state index in [0.717, 1.165) is 16.6 Å². The van der Waals surface area contributed by atoms with Crippen molar-refractivity contribution in [3.63, 3.8) is 0 Å². The molecule has 3 heterocycles. The summed E-state index contributed by atoms with van der Waals surface area (Å²) < 4.78 is 0. The van der Waals surface area contributed by atoms with Gasteiger partial charge in [0.15, 0.2) is 5.13 Å². The Kier molecular flexibility index (Phi) is 4.28. The monoisotopic (exact) mass is 361 g/mol. The second-order valence-electron chi connectivity index (χ2n) is 5.66. The van der Waals surface area contributed by atoms with Crippen molar-refractivity contribution < 1.29 is 4.79 Å². The molecule has 1 aromatic carbocycles. The van der Waals surface area contributed by atoms with Crippen molar-refractivity contribution in [3.8, 4) is 0 Å². The summed E-state index contributed by atoms with van der Waals surface area (Å²) in [6.07, 6.45) is 1.73. The van der Waals surface area contributed by atoms with Crippen LogP contribution in [-0.4, -0.2) is 20.9 Å². The van der Waals surface area contributed by atoms with Crippen LogP contribution in [0, 0.1) is 6.92 Å². The van der Waals surface area contributed by atoms with Gasteiger partial charge in [-0.1, -0.05) is 12.1 Å². The smallest absolute Gasteiger partial charge is 0.275 e. The molecule has 0 unspecified atom stereocenters. The molecule has 0 saturated heterocycles. The van der Waals surface area contributed by atoms with Gasteiger partial charge in [0.1, 0.15) is 11.5 Å². The van der Waals surface area contributed by atoms with Gasteiger partial charge in [-0.2, -0.15) is 0 Å². The molecule has 4 rings (SSSR count). The van der Waals surface area contributed by atoms with Crippen molar-refractivity contribution in [1.29, 1.82) is 0 Å². The average Bonchev–Trinajstić information content (AvgIpc) is 3.11. The molecule has 3 aromatic heterocycles. The van der Waals surface area contributed by atoms with E-state index in [2.05, 4.69) is 25.6 Å². The predicted octanol–water partition coefficient (Wildman–Crippen LogP) is 4.39. The largest absolute Gasteiger partial charge is 0.320 e. The molecule has 0 radical (unpaired) electrons. The standard InChI is InChI=1S/C19H15N5OS/c1-12-5-2-9-17(21-12)24-19-23-16(11-26-19)18(25)22-15-8-3-7-14-13(15)6-4-10-20-14/h2-11H,1H3,(H,22,25)(H,21,23,24). The minimum Gasteiger partial charge on any atom is -0.320 e. The fourth-order valence-corrected chi connectivity index (χ4v) is 3.25. The second kappa shape index (κ2) is 6.89. The van der Waals surface area contributed by atoms with E-state index < -0.39 is 0 Å². The molecule has 26 heavy (non-hydrogen) atoms.